The summed E-state index contributed by atoms with van der Waals surface area (Å²) in [6.07, 6.45) is 0.848. The van der Waals surface area contributed by atoms with E-state index in [4.69, 9.17) is 15.5 Å². The Morgan fingerprint density at radius 2 is 1.93 bits per heavy atom. The van der Waals surface area contributed by atoms with Crippen LogP contribution < -0.4 is 11.3 Å². The lowest BCUT2D eigenvalue weighted by atomic mass is 9.86. The maximum absolute atomic E-state index is 13.6. The molecule has 0 aliphatic rings. The van der Waals surface area contributed by atoms with Gasteiger partial charge in [0.1, 0.15) is 16.7 Å². The monoisotopic (exact) mass is 427 g/mol. The van der Waals surface area contributed by atoms with Crippen molar-refractivity contribution in [3.05, 3.63) is 51.4 Å². The Morgan fingerprint density at radius 3 is 2.47 bits per heavy atom. The van der Waals surface area contributed by atoms with Crippen LogP contribution in [0.25, 0.3) is 21.3 Å². The molecule has 0 aliphatic heterocycles. The quantitative estimate of drug-likeness (QED) is 0.616. The molecule has 0 radical (unpaired) electrons. The lowest BCUT2D eigenvalue weighted by molar-refractivity contribution is -0.121. The van der Waals surface area contributed by atoms with E-state index in [1.165, 1.54) is 21.5 Å². The Kier molecular flexibility index (Phi) is 6.43. The smallest absolute Gasteiger partial charge is 0.263 e. The van der Waals surface area contributed by atoms with Crippen molar-refractivity contribution in [1.82, 2.24) is 9.55 Å². The van der Waals surface area contributed by atoms with Crippen molar-refractivity contribution in [2.75, 3.05) is 13.7 Å². The van der Waals surface area contributed by atoms with Crippen LogP contribution in [0.15, 0.2) is 34.4 Å². The summed E-state index contributed by atoms with van der Waals surface area (Å²) < 4.78 is 6.63. The van der Waals surface area contributed by atoms with Crippen molar-refractivity contribution in [3.8, 4) is 11.1 Å². The lowest BCUT2D eigenvalue weighted by Crippen LogP contribution is -2.36. The van der Waals surface area contributed by atoms with Crippen molar-refractivity contribution in [1.29, 1.82) is 0 Å². The van der Waals surface area contributed by atoms with E-state index in [-0.39, 0.29) is 11.0 Å². The van der Waals surface area contributed by atoms with Gasteiger partial charge >= 0.3 is 0 Å². The molecule has 1 amide bonds. The van der Waals surface area contributed by atoms with Gasteiger partial charge in [-0.25, -0.2) is 4.98 Å². The molecule has 160 valence electrons. The van der Waals surface area contributed by atoms with Gasteiger partial charge in [-0.2, -0.15) is 0 Å². The van der Waals surface area contributed by atoms with Gasteiger partial charge in [-0.15, -0.1) is 11.3 Å². The molecule has 1 atom stereocenters. The summed E-state index contributed by atoms with van der Waals surface area (Å²) in [7, 11) is 1.59. The van der Waals surface area contributed by atoms with E-state index in [1.807, 2.05) is 24.4 Å². The molecule has 0 bridgehead atoms. The number of fused-ring (bicyclic) bond motifs is 1. The van der Waals surface area contributed by atoms with Crippen molar-refractivity contribution in [2.45, 2.75) is 52.0 Å². The summed E-state index contributed by atoms with van der Waals surface area (Å²) in [6.45, 7) is 8.74. The van der Waals surface area contributed by atoms with Crippen LogP contribution in [-0.4, -0.2) is 29.2 Å². The van der Waals surface area contributed by atoms with Crippen molar-refractivity contribution < 1.29 is 9.53 Å². The van der Waals surface area contributed by atoms with Gasteiger partial charge < -0.3 is 10.5 Å². The summed E-state index contributed by atoms with van der Waals surface area (Å²) in [5.41, 5.74) is 8.45. The second-order valence-corrected chi connectivity index (χ2v) is 9.29. The number of nitrogens with zero attached hydrogens (tertiary/aromatic N) is 2. The Balaban J connectivity index is 2.22. The predicted octanol–water partition coefficient (Wildman–Crippen LogP) is 4.05. The van der Waals surface area contributed by atoms with E-state index in [9.17, 15) is 9.59 Å². The standard InChI is InChI=1S/C23H29N3O3S/c1-6-17(20(24)27)26-18(11-12-29-5)25-21-19(22(26)28)16(13-30-21)14-7-9-15(10-8-14)23(2,3)4/h7-10,13,17H,6,11-12H2,1-5H3,(H2,24,27). The Bertz CT molecular complexity index is 1110. The van der Waals surface area contributed by atoms with Gasteiger partial charge in [0.2, 0.25) is 5.91 Å². The second-order valence-electron chi connectivity index (χ2n) is 8.43. The number of rotatable bonds is 7. The molecule has 3 aromatic rings. The van der Waals surface area contributed by atoms with Crippen LogP contribution in [0, 0.1) is 0 Å². The topological polar surface area (TPSA) is 87.2 Å². The van der Waals surface area contributed by atoms with Crippen LogP contribution >= 0.6 is 11.3 Å². The molecule has 2 N–H and O–H groups in total. The van der Waals surface area contributed by atoms with Crippen molar-refractivity contribution >= 4 is 27.5 Å². The molecular formula is C23H29N3O3S. The number of aromatic nitrogens is 2. The number of amides is 1. The summed E-state index contributed by atoms with van der Waals surface area (Å²) in [5.74, 6) is -0.0118. The molecule has 0 saturated heterocycles. The number of carbonyl (C=O) groups is 1. The first-order chi connectivity index (χ1) is 14.2. The highest BCUT2D eigenvalue weighted by atomic mass is 32.1. The average Bonchev–Trinajstić information content (AvgIpc) is 3.12. The minimum absolute atomic E-state index is 0.0512. The zero-order valence-corrected chi connectivity index (χ0v) is 19.0. The molecule has 1 unspecified atom stereocenters. The van der Waals surface area contributed by atoms with E-state index in [0.717, 1.165) is 11.1 Å². The summed E-state index contributed by atoms with van der Waals surface area (Å²) >= 11 is 1.44. The largest absolute Gasteiger partial charge is 0.384 e. The van der Waals surface area contributed by atoms with Gasteiger partial charge in [-0.1, -0.05) is 52.0 Å². The molecule has 2 heterocycles. The van der Waals surface area contributed by atoms with Gasteiger partial charge in [0.15, 0.2) is 0 Å². The highest BCUT2D eigenvalue weighted by Crippen LogP contribution is 2.33. The molecule has 0 spiro atoms. The average molecular weight is 428 g/mol. The van der Waals surface area contributed by atoms with Gasteiger partial charge in [-0.3, -0.25) is 14.2 Å². The number of ether oxygens (including phenoxy) is 1. The first kappa shape index (κ1) is 22.2. The van der Waals surface area contributed by atoms with Gasteiger partial charge in [0.25, 0.3) is 5.56 Å². The third-order valence-corrected chi connectivity index (χ3v) is 6.20. The Labute approximate surface area is 180 Å². The first-order valence-corrected chi connectivity index (χ1v) is 11.0. The number of hydrogen-bond acceptors (Lipinski definition) is 5. The van der Waals surface area contributed by atoms with Crippen LogP contribution in [0.2, 0.25) is 0 Å². The van der Waals surface area contributed by atoms with E-state index in [2.05, 4.69) is 32.9 Å². The number of carbonyl (C=O) groups excluding carboxylic acids is 1. The molecule has 0 saturated carbocycles. The molecule has 30 heavy (non-hydrogen) atoms. The summed E-state index contributed by atoms with van der Waals surface area (Å²) in [6, 6.07) is 7.52. The van der Waals surface area contributed by atoms with Crippen LogP contribution in [0.4, 0.5) is 0 Å². The maximum Gasteiger partial charge on any atom is 0.263 e. The zero-order chi connectivity index (χ0) is 22.1. The third kappa shape index (κ3) is 4.18. The van der Waals surface area contributed by atoms with E-state index in [1.54, 1.807) is 7.11 Å². The fourth-order valence-corrected chi connectivity index (χ4v) is 4.57. The van der Waals surface area contributed by atoms with Gasteiger partial charge in [0, 0.05) is 24.5 Å². The second kappa shape index (κ2) is 8.70. The molecular weight excluding hydrogens is 398 g/mol. The number of thiophene rings is 1. The first-order valence-electron chi connectivity index (χ1n) is 10.1. The zero-order valence-electron chi connectivity index (χ0n) is 18.2. The molecule has 2 aromatic heterocycles. The van der Waals surface area contributed by atoms with Crippen LogP contribution in [0.5, 0.6) is 0 Å². The highest BCUT2D eigenvalue weighted by molar-refractivity contribution is 7.17. The van der Waals surface area contributed by atoms with E-state index >= 15 is 0 Å². The molecule has 0 fully saturated rings. The number of benzene rings is 1. The SMILES string of the molecule is CCC(C(N)=O)n1c(CCOC)nc2scc(-c3ccc(C(C)(C)C)cc3)c2c1=O. The number of primary amides is 1. The lowest BCUT2D eigenvalue weighted by Gasteiger charge is -2.20. The molecule has 6 nitrogen and oxygen atoms in total. The van der Waals surface area contributed by atoms with Crippen LogP contribution in [-0.2, 0) is 21.4 Å². The number of nitrogens with two attached hydrogens (primary N) is 1. The maximum atomic E-state index is 13.6. The summed E-state index contributed by atoms with van der Waals surface area (Å²) in [5, 5.41) is 2.49. The molecule has 3 rings (SSSR count). The molecule has 1 aromatic carbocycles. The Morgan fingerprint density at radius 1 is 1.27 bits per heavy atom. The highest BCUT2D eigenvalue weighted by Gasteiger charge is 2.24. The third-order valence-electron chi connectivity index (χ3n) is 5.33. The Hall–Kier alpha value is -2.51. The predicted molar refractivity (Wildman–Crippen MR) is 122 cm³/mol. The van der Waals surface area contributed by atoms with Gasteiger partial charge in [0.05, 0.1) is 12.0 Å². The van der Waals surface area contributed by atoms with Gasteiger partial charge in [-0.05, 0) is 23.0 Å². The minimum atomic E-state index is -0.739. The normalized spacial score (nSPS) is 13.0. The van der Waals surface area contributed by atoms with Crippen LogP contribution in [0.3, 0.4) is 0 Å². The minimum Gasteiger partial charge on any atom is -0.384 e. The number of hydrogen-bond donors (Lipinski definition) is 1. The van der Waals surface area contributed by atoms with Crippen LogP contribution in [0.1, 0.15) is 51.5 Å². The number of methoxy groups -OCH3 is 1. The molecule has 0 aliphatic carbocycles. The summed E-state index contributed by atoms with van der Waals surface area (Å²) in [4.78, 5) is 31.0. The van der Waals surface area contributed by atoms with E-state index < -0.39 is 11.9 Å². The fraction of sp³-hybridized carbons (Fsp3) is 0.435. The van der Waals surface area contributed by atoms with E-state index in [0.29, 0.717) is 35.5 Å². The van der Waals surface area contributed by atoms with Crippen molar-refractivity contribution in [2.24, 2.45) is 5.73 Å². The fourth-order valence-electron chi connectivity index (χ4n) is 3.61. The van der Waals surface area contributed by atoms with Crippen molar-refractivity contribution in [3.63, 3.8) is 0 Å². The molecule has 7 heteroatoms.